The van der Waals surface area contributed by atoms with Gasteiger partial charge in [0.25, 0.3) is 5.91 Å². The van der Waals surface area contributed by atoms with Crippen molar-refractivity contribution in [2.45, 2.75) is 19.4 Å². The normalized spacial score (nSPS) is 19.7. The first-order valence-corrected chi connectivity index (χ1v) is 6.59. The van der Waals surface area contributed by atoms with Gasteiger partial charge in [-0.25, -0.2) is 0 Å². The molecule has 1 aliphatic rings. The van der Waals surface area contributed by atoms with Crippen LogP contribution in [0.1, 0.15) is 23.7 Å². The maximum atomic E-state index is 12.4. The fraction of sp³-hybridized carbons (Fsp3) is 0.462. The largest absolute Gasteiger partial charge is 0.342 e. The summed E-state index contributed by atoms with van der Waals surface area (Å²) >= 11 is 5.84. The number of aromatic nitrogens is 1. The smallest absolute Gasteiger partial charge is 0.256 e. The summed E-state index contributed by atoms with van der Waals surface area (Å²) in [4.78, 5) is 31.7. The minimum atomic E-state index is -0.398. The van der Waals surface area contributed by atoms with Gasteiger partial charge in [-0.1, -0.05) is 18.5 Å². The molecule has 102 valence electrons. The molecular weight excluding hydrogens is 266 g/mol. The summed E-state index contributed by atoms with van der Waals surface area (Å²) < 4.78 is 0. The molecule has 0 radical (unpaired) electrons. The molecule has 2 rings (SSSR count). The van der Waals surface area contributed by atoms with Gasteiger partial charge in [0.1, 0.15) is 6.04 Å². The molecule has 1 aliphatic heterocycles. The van der Waals surface area contributed by atoms with E-state index < -0.39 is 6.04 Å². The molecular formula is C13H16ClN3O2. The molecule has 1 aromatic rings. The van der Waals surface area contributed by atoms with Gasteiger partial charge >= 0.3 is 0 Å². The predicted octanol–water partition coefficient (Wildman–Crippen LogP) is 1.43. The zero-order chi connectivity index (χ0) is 14.0. The van der Waals surface area contributed by atoms with Crippen molar-refractivity contribution < 1.29 is 9.59 Å². The number of carbonyl (C=O) groups excluding carboxylic acids is 2. The topological polar surface area (TPSA) is 53.5 Å². The third-order valence-corrected chi connectivity index (χ3v) is 3.52. The molecule has 0 unspecified atom stereocenters. The van der Waals surface area contributed by atoms with E-state index in [9.17, 15) is 9.59 Å². The van der Waals surface area contributed by atoms with Crippen molar-refractivity contribution in [1.82, 2.24) is 14.8 Å². The molecule has 19 heavy (non-hydrogen) atoms. The number of likely N-dealkylation sites (N-methyl/N-ethyl adjacent to an activating group) is 1. The third-order valence-electron chi connectivity index (χ3n) is 3.31. The number of hydrogen-bond acceptors (Lipinski definition) is 3. The fourth-order valence-corrected chi connectivity index (χ4v) is 2.42. The van der Waals surface area contributed by atoms with Crippen molar-refractivity contribution in [3.8, 4) is 0 Å². The van der Waals surface area contributed by atoms with Crippen LogP contribution >= 0.6 is 11.6 Å². The average Bonchev–Trinajstić information content (AvgIpc) is 2.41. The Bertz CT molecular complexity index is 506. The molecule has 1 fully saturated rings. The standard InChI is InChI=1S/C13H16ClN3O2/c1-3-11-13(19)16(2)4-5-17(11)12(18)9-6-10(14)8-15-7-9/h6-8,11H,3-5H2,1-2H3/t11-/m1/s1. The first-order chi connectivity index (χ1) is 9.04. The molecule has 1 saturated heterocycles. The Labute approximate surface area is 117 Å². The zero-order valence-corrected chi connectivity index (χ0v) is 11.7. The van der Waals surface area contributed by atoms with Gasteiger partial charge in [-0.2, -0.15) is 0 Å². The van der Waals surface area contributed by atoms with E-state index in [0.29, 0.717) is 30.1 Å². The highest BCUT2D eigenvalue weighted by Crippen LogP contribution is 2.18. The highest BCUT2D eigenvalue weighted by atomic mass is 35.5. The Morgan fingerprint density at radius 3 is 2.84 bits per heavy atom. The molecule has 2 amide bonds. The van der Waals surface area contributed by atoms with Crippen LogP contribution in [-0.2, 0) is 4.79 Å². The summed E-state index contributed by atoms with van der Waals surface area (Å²) in [6.45, 7) is 2.99. The fourth-order valence-electron chi connectivity index (χ4n) is 2.24. The van der Waals surface area contributed by atoms with E-state index in [-0.39, 0.29) is 11.8 Å². The molecule has 0 aliphatic carbocycles. The Morgan fingerprint density at radius 2 is 2.21 bits per heavy atom. The highest BCUT2D eigenvalue weighted by Gasteiger charge is 2.35. The second-order valence-corrected chi connectivity index (χ2v) is 5.01. The molecule has 2 heterocycles. The summed E-state index contributed by atoms with van der Waals surface area (Å²) in [6, 6.07) is 1.18. The Hall–Kier alpha value is -1.62. The molecule has 0 N–H and O–H groups in total. The van der Waals surface area contributed by atoms with Crippen molar-refractivity contribution in [3.05, 3.63) is 29.0 Å². The van der Waals surface area contributed by atoms with Gasteiger partial charge in [0.15, 0.2) is 0 Å². The van der Waals surface area contributed by atoms with Crippen molar-refractivity contribution in [2.75, 3.05) is 20.1 Å². The summed E-state index contributed by atoms with van der Waals surface area (Å²) in [5.74, 6) is -0.208. The monoisotopic (exact) mass is 281 g/mol. The predicted molar refractivity (Wildman–Crippen MR) is 72.0 cm³/mol. The van der Waals surface area contributed by atoms with E-state index in [1.807, 2.05) is 6.92 Å². The van der Waals surface area contributed by atoms with Crippen LogP contribution < -0.4 is 0 Å². The summed E-state index contributed by atoms with van der Waals surface area (Å²) in [7, 11) is 1.76. The van der Waals surface area contributed by atoms with E-state index in [0.717, 1.165) is 0 Å². The maximum absolute atomic E-state index is 12.4. The first-order valence-electron chi connectivity index (χ1n) is 6.21. The van der Waals surface area contributed by atoms with Gasteiger partial charge < -0.3 is 9.80 Å². The van der Waals surface area contributed by atoms with E-state index in [1.165, 1.54) is 12.4 Å². The summed E-state index contributed by atoms with van der Waals surface area (Å²) in [5.41, 5.74) is 0.420. The number of halogens is 1. The molecule has 5 nitrogen and oxygen atoms in total. The van der Waals surface area contributed by atoms with Crippen LogP contribution in [0, 0.1) is 0 Å². The van der Waals surface area contributed by atoms with Crippen LogP contribution in [0.3, 0.4) is 0 Å². The summed E-state index contributed by atoms with van der Waals surface area (Å²) in [5, 5.41) is 0.416. The van der Waals surface area contributed by atoms with Crippen LogP contribution in [-0.4, -0.2) is 52.8 Å². The van der Waals surface area contributed by atoms with Crippen LogP contribution in [0.4, 0.5) is 0 Å². The lowest BCUT2D eigenvalue weighted by Gasteiger charge is -2.38. The Balaban J connectivity index is 2.25. The second-order valence-electron chi connectivity index (χ2n) is 4.57. The molecule has 0 saturated carbocycles. The second kappa shape index (κ2) is 5.57. The number of amides is 2. The van der Waals surface area contributed by atoms with Gasteiger partial charge in [-0.15, -0.1) is 0 Å². The minimum absolute atomic E-state index is 0.0166. The van der Waals surface area contributed by atoms with Gasteiger partial charge in [-0.05, 0) is 12.5 Å². The third kappa shape index (κ3) is 2.71. The van der Waals surface area contributed by atoms with Gasteiger partial charge in [0.2, 0.25) is 5.91 Å². The lowest BCUT2D eigenvalue weighted by molar-refractivity contribution is -0.138. The average molecular weight is 282 g/mol. The van der Waals surface area contributed by atoms with Gasteiger partial charge in [0, 0.05) is 32.5 Å². The van der Waals surface area contributed by atoms with E-state index in [2.05, 4.69) is 4.98 Å². The number of rotatable bonds is 2. The molecule has 1 atom stereocenters. The van der Waals surface area contributed by atoms with Crippen LogP contribution in [0.2, 0.25) is 5.02 Å². The molecule has 0 bridgehead atoms. The summed E-state index contributed by atoms with van der Waals surface area (Å²) in [6.07, 6.45) is 3.55. The van der Waals surface area contributed by atoms with Crippen LogP contribution in [0.25, 0.3) is 0 Å². The number of carbonyl (C=O) groups is 2. The molecule has 6 heteroatoms. The first kappa shape index (κ1) is 13.8. The SMILES string of the molecule is CC[C@@H]1C(=O)N(C)CCN1C(=O)c1cncc(Cl)c1. The van der Waals surface area contributed by atoms with E-state index in [4.69, 9.17) is 11.6 Å². The number of hydrogen-bond donors (Lipinski definition) is 0. The lowest BCUT2D eigenvalue weighted by Crippen LogP contribution is -2.57. The van der Waals surface area contributed by atoms with E-state index in [1.54, 1.807) is 22.9 Å². The molecule has 0 aromatic carbocycles. The van der Waals surface area contributed by atoms with Crippen molar-refractivity contribution >= 4 is 23.4 Å². The molecule has 0 spiro atoms. The maximum Gasteiger partial charge on any atom is 0.256 e. The number of nitrogens with zero attached hydrogens (tertiary/aromatic N) is 3. The van der Waals surface area contributed by atoms with Crippen LogP contribution in [0.15, 0.2) is 18.5 Å². The highest BCUT2D eigenvalue weighted by molar-refractivity contribution is 6.30. The van der Waals surface area contributed by atoms with Crippen molar-refractivity contribution in [1.29, 1.82) is 0 Å². The van der Waals surface area contributed by atoms with Gasteiger partial charge in [0.05, 0.1) is 10.6 Å². The minimum Gasteiger partial charge on any atom is -0.342 e. The van der Waals surface area contributed by atoms with Crippen LogP contribution in [0.5, 0.6) is 0 Å². The van der Waals surface area contributed by atoms with Gasteiger partial charge in [-0.3, -0.25) is 14.6 Å². The lowest BCUT2D eigenvalue weighted by atomic mass is 10.1. The number of piperazine rings is 1. The van der Waals surface area contributed by atoms with E-state index >= 15 is 0 Å². The number of pyridine rings is 1. The van der Waals surface area contributed by atoms with Crippen molar-refractivity contribution in [2.24, 2.45) is 0 Å². The van der Waals surface area contributed by atoms with Crippen molar-refractivity contribution in [3.63, 3.8) is 0 Å². The Kier molecular flexibility index (Phi) is 4.04. The Morgan fingerprint density at radius 1 is 1.47 bits per heavy atom. The molecule has 1 aromatic heterocycles. The zero-order valence-electron chi connectivity index (χ0n) is 11.0. The quantitative estimate of drug-likeness (QED) is 0.824.